The van der Waals surface area contributed by atoms with Crippen LogP contribution in [0, 0.1) is 18.8 Å². The van der Waals surface area contributed by atoms with E-state index in [0.29, 0.717) is 22.3 Å². The first-order chi connectivity index (χ1) is 44.3. The highest BCUT2D eigenvalue weighted by molar-refractivity contribution is 14.1. The highest BCUT2D eigenvalue weighted by atomic mass is 127. The molecule has 3 aromatic carbocycles. The third-order valence-corrected chi connectivity index (χ3v) is 24.4. The van der Waals surface area contributed by atoms with E-state index in [0.717, 1.165) is 129 Å². The van der Waals surface area contributed by atoms with Gasteiger partial charge in [0.15, 0.2) is 0 Å². The van der Waals surface area contributed by atoms with E-state index in [1.807, 2.05) is 0 Å². The molecule has 2 aliphatic rings. The molecular weight excluding hydrogens is 1370 g/mol. The standard InChI is InChI=1S/C80H126F2I2N4S2/c1-5-9-13-17-21-25-29-33-37-41-45-49-53-57-79(58-54-50-46-42-38-34-30-26-22-18-14-10-6-2)63-61-65(83)75-77(87-89-85-75)67(63)69-71(79)73(81)70-68-64(62-66(84)76-78(68)88-90-86-76)80(72(70)74(69)82,59-55-51-47-43-39-35-31-27-23-19-15-11-7-3)60-56-52-48-44-40-36-32-28-24-20-16-12-8-4/h61-62H,5-60H2,1-4H3. The first-order valence-electron chi connectivity index (χ1n) is 38.8. The van der Waals surface area contributed by atoms with Gasteiger partial charge in [0.05, 0.1) is 23.5 Å². The van der Waals surface area contributed by atoms with Crippen LogP contribution in [0.15, 0.2) is 12.1 Å². The monoisotopic (exact) mass is 1500 g/mol. The van der Waals surface area contributed by atoms with Crippen LogP contribution < -0.4 is 0 Å². The highest BCUT2D eigenvalue weighted by Crippen LogP contribution is 2.65. The first-order valence-corrected chi connectivity index (χ1v) is 42.4. The molecule has 0 fully saturated rings. The summed E-state index contributed by atoms with van der Waals surface area (Å²) in [5, 5.41) is 0. The van der Waals surface area contributed by atoms with Crippen molar-refractivity contribution in [2.45, 2.75) is 398 Å². The molecule has 0 saturated carbocycles. The molecule has 506 valence electrons. The number of hydrogen-bond donors (Lipinski definition) is 0. The lowest BCUT2D eigenvalue weighted by molar-refractivity contribution is 0.374. The van der Waals surface area contributed by atoms with E-state index in [1.54, 1.807) is 0 Å². The van der Waals surface area contributed by atoms with E-state index in [1.165, 1.54) is 306 Å². The van der Waals surface area contributed by atoms with Gasteiger partial charge < -0.3 is 0 Å². The van der Waals surface area contributed by atoms with Gasteiger partial charge in [-0.3, -0.25) is 0 Å². The van der Waals surface area contributed by atoms with Crippen molar-refractivity contribution in [2.24, 2.45) is 0 Å². The first kappa shape index (κ1) is 76.0. The molecule has 0 radical (unpaired) electrons. The van der Waals surface area contributed by atoms with Gasteiger partial charge >= 0.3 is 0 Å². The van der Waals surface area contributed by atoms with Gasteiger partial charge in [-0.2, -0.15) is 17.5 Å². The number of hydrogen-bond acceptors (Lipinski definition) is 6. The predicted molar refractivity (Wildman–Crippen MR) is 407 cm³/mol. The summed E-state index contributed by atoms with van der Waals surface area (Å²) >= 11 is 7.39. The van der Waals surface area contributed by atoms with Crippen LogP contribution in [0.1, 0.15) is 410 Å². The Morgan fingerprint density at radius 2 is 0.467 bits per heavy atom. The Bertz CT molecular complexity index is 2520. The second-order valence-electron chi connectivity index (χ2n) is 28.7. The van der Waals surface area contributed by atoms with Crippen LogP contribution in [0.5, 0.6) is 0 Å². The molecule has 0 amide bonds. The van der Waals surface area contributed by atoms with E-state index in [4.69, 9.17) is 17.5 Å². The summed E-state index contributed by atoms with van der Waals surface area (Å²) in [4.78, 5) is 0. The largest absolute Gasteiger partial charge is 0.206 e. The average Bonchev–Trinajstić information content (AvgIpc) is 1.50. The van der Waals surface area contributed by atoms with Crippen LogP contribution in [-0.2, 0) is 10.8 Å². The fourth-order valence-corrected chi connectivity index (χ4v) is 19.3. The summed E-state index contributed by atoms with van der Waals surface area (Å²) in [6.07, 6.45) is 70.1. The minimum absolute atomic E-state index is 0.178. The zero-order valence-electron chi connectivity index (χ0n) is 57.9. The summed E-state index contributed by atoms with van der Waals surface area (Å²) in [5.41, 5.74) is 8.07. The molecule has 0 saturated heterocycles. The van der Waals surface area contributed by atoms with E-state index in [9.17, 15) is 0 Å². The molecule has 0 atom stereocenters. The molecule has 7 rings (SSSR count). The second-order valence-corrected chi connectivity index (χ2v) is 32.1. The average molecular weight is 1500 g/mol. The Morgan fingerprint density at radius 1 is 0.278 bits per heavy atom. The molecule has 2 aromatic heterocycles. The zero-order valence-corrected chi connectivity index (χ0v) is 63.8. The van der Waals surface area contributed by atoms with Gasteiger partial charge in [0.1, 0.15) is 33.7 Å². The molecule has 2 heterocycles. The number of aromatic nitrogens is 4. The van der Waals surface area contributed by atoms with Crippen LogP contribution >= 0.6 is 68.6 Å². The number of unbranched alkanes of at least 4 members (excludes halogenated alkanes) is 48. The van der Waals surface area contributed by atoms with Gasteiger partial charge in [-0.1, -0.05) is 362 Å². The second kappa shape index (κ2) is 43.7. The Labute approximate surface area is 585 Å². The molecule has 2 aliphatic carbocycles. The molecular formula is C80H126F2I2N4S2. The Balaban J connectivity index is 1.21. The van der Waals surface area contributed by atoms with Crippen LogP contribution in [0.25, 0.3) is 44.3 Å². The smallest absolute Gasteiger partial charge is 0.136 e. The number of halogens is 4. The van der Waals surface area contributed by atoms with Crippen molar-refractivity contribution in [1.29, 1.82) is 0 Å². The van der Waals surface area contributed by atoms with E-state index < -0.39 is 10.8 Å². The van der Waals surface area contributed by atoms with Crippen molar-refractivity contribution in [1.82, 2.24) is 17.5 Å². The van der Waals surface area contributed by atoms with E-state index >= 15 is 8.78 Å². The maximum absolute atomic E-state index is 20.0. The molecule has 4 nitrogen and oxygen atoms in total. The van der Waals surface area contributed by atoms with Crippen molar-refractivity contribution in [3.05, 3.63) is 53.2 Å². The topological polar surface area (TPSA) is 51.6 Å². The summed E-state index contributed by atoms with van der Waals surface area (Å²) in [6, 6.07) is 4.64. The number of rotatable bonds is 56. The van der Waals surface area contributed by atoms with Gasteiger partial charge in [-0.15, -0.1) is 0 Å². The fraction of sp³-hybridized carbons (Fsp3) is 0.775. The summed E-state index contributed by atoms with van der Waals surface area (Å²) in [6.45, 7) is 9.21. The minimum Gasteiger partial charge on any atom is -0.206 e. The van der Waals surface area contributed by atoms with Gasteiger partial charge in [0.2, 0.25) is 0 Å². The third kappa shape index (κ3) is 21.8. The molecule has 5 aromatic rings. The van der Waals surface area contributed by atoms with Gasteiger partial charge in [-0.25, -0.2) is 8.78 Å². The van der Waals surface area contributed by atoms with Gasteiger partial charge in [-0.05, 0) is 94.1 Å². The van der Waals surface area contributed by atoms with Crippen molar-refractivity contribution in [2.75, 3.05) is 0 Å². The van der Waals surface area contributed by atoms with Crippen LogP contribution in [0.3, 0.4) is 0 Å². The maximum Gasteiger partial charge on any atom is 0.136 e. The lowest BCUT2D eigenvalue weighted by atomic mass is 9.68. The highest BCUT2D eigenvalue weighted by Gasteiger charge is 2.54. The van der Waals surface area contributed by atoms with Gasteiger partial charge in [0.25, 0.3) is 0 Å². The Hall–Kier alpha value is -1.38. The van der Waals surface area contributed by atoms with Crippen molar-refractivity contribution >= 4 is 90.7 Å². The quantitative estimate of drug-likeness (QED) is 0.0288. The fourth-order valence-electron chi connectivity index (χ4n) is 16.5. The molecule has 0 N–H and O–H groups in total. The predicted octanol–water partition coefficient (Wildman–Crippen LogP) is 29.6. The maximum atomic E-state index is 20.0. The SMILES string of the molecule is CCCCCCCCCCCCCCCC1(CCCCCCCCCCCCCCC)c2cc(I)c3nsnc3c2-c2c(F)c3c(c(F)c21)-c1c(cc(I)c2nsnc12)C3(CCCCCCCCCCCCCCC)CCCCCCCCCCCCCCC. The number of fused-ring (bicyclic) bond motifs is 10. The normalized spacial score (nSPS) is 13.8. The number of benzene rings is 3. The lowest BCUT2D eigenvalue weighted by Gasteiger charge is -2.35. The van der Waals surface area contributed by atoms with Crippen LogP contribution in [0.4, 0.5) is 8.78 Å². The molecule has 0 bridgehead atoms. The molecule has 0 spiro atoms. The van der Waals surface area contributed by atoms with Crippen molar-refractivity contribution in [3.63, 3.8) is 0 Å². The van der Waals surface area contributed by atoms with E-state index in [2.05, 4.69) is 85.0 Å². The molecule has 10 heteroatoms. The summed E-state index contributed by atoms with van der Waals surface area (Å²) in [7, 11) is 0. The lowest BCUT2D eigenvalue weighted by Crippen LogP contribution is -2.29. The van der Waals surface area contributed by atoms with Gasteiger partial charge in [0, 0.05) is 51.4 Å². The van der Waals surface area contributed by atoms with Crippen LogP contribution in [-0.4, -0.2) is 17.5 Å². The molecule has 0 unspecified atom stereocenters. The number of nitrogens with zero attached hydrogens (tertiary/aromatic N) is 4. The molecule has 0 aliphatic heterocycles. The third-order valence-electron chi connectivity index (χ3n) is 21.7. The van der Waals surface area contributed by atoms with E-state index in [-0.39, 0.29) is 11.6 Å². The summed E-state index contributed by atoms with van der Waals surface area (Å²) < 4.78 is 62.0. The van der Waals surface area contributed by atoms with Crippen molar-refractivity contribution in [3.8, 4) is 22.3 Å². The zero-order chi connectivity index (χ0) is 63.5. The summed E-state index contributed by atoms with van der Waals surface area (Å²) in [5.74, 6) is -0.356. The van der Waals surface area contributed by atoms with Crippen molar-refractivity contribution < 1.29 is 8.78 Å². The minimum atomic E-state index is -0.684. The Kier molecular flexibility index (Phi) is 36.9. The van der Waals surface area contributed by atoms with Crippen LogP contribution in [0.2, 0.25) is 0 Å². The Morgan fingerprint density at radius 3 is 0.678 bits per heavy atom. The molecule has 90 heavy (non-hydrogen) atoms.